The largest absolute Gasteiger partial charge is 0.495 e. The van der Waals surface area contributed by atoms with E-state index in [9.17, 15) is 19.2 Å². The number of pyridine rings is 1. The number of carbonyl (C=O) groups is 4. The van der Waals surface area contributed by atoms with Gasteiger partial charge in [0.15, 0.2) is 23.2 Å². The van der Waals surface area contributed by atoms with Crippen LogP contribution in [-0.2, 0) is 39.8 Å². The average Bonchev–Trinajstić information content (AvgIpc) is 3.03. The Balaban J connectivity index is 1.85. The van der Waals surface area contributed by atoms with Crippen LogP contribution in [0, 0.1) is 17.8 Å². The lowest BCUT2D eigenvalue weighted by molar-refractivity contribution is -0.172. The van der Waals surface area contributed by atoms with E-state index >= 15 is 0 Å². The van der Waals surface area contributed by atoms with Crippen LogP contribution in [0.2, 0.25) is 0 Å². The van der Waals surface area contributed by atoms with Gasteiger partial charge in [0.05, 0.1) is 30.6 Å². The van der Waals surface area contributed by atoms with Gasteiger partial charge < -0.3 is 33.7 Å². The molecule has 1 N–H and O–H groups in total. The summed E-state index contributed by atoms with van der Waals surface area (Å²) in [6, 6.07) is 9.67. The van der Waals surface area contributed by atoms with Gasteiger partial charge in [0.2, 0.25) is 6.79 Å². The van der Waals surface area contributed by atoms with Crippen LogP contribution in [-0.4, -0.2) is 67.6 Å². The lowest BCUT2D eigenvalue weighted by Crippen LogP contribution is -2.47. The maximum atomic E-state index is 13.4. The van der Waals surface area contributed by atoms with Gasteiger partial charge >= 0.3 is 17.9 Å². The Morgan fingerprint density at radius 1 is 1.07 bits per heavy atom. The molecule has 0 aliphatic carbocycles. The highest BCUT2D eigenvalue weighted by molar-refractivity contribution is 5.98. The highest BCUT2D eigenvalue weighted by atomic mass is 16.7. The van der Waals surface area contributed by atoms with Crippen molar-refractivity contribution in [2.45, 2.75) is 59.3 Å². The molecule has 1 saturated heterocycles. The number of nitrogens with zero attached hydrogens (tertiary/aromatic N) is 1. The number of carbonyl (C=O) groups excluding carboxylic acids is 4. The number of nitrogens with one attached hydrogen (secondary N) is 1. The molecule has 44 heavy (non-hydrogen) atoms. The van der Waals surface area contributed by atoms with Crippen LogP contribution in [0.25, 0.3) is 0 Å². The number of ether oxygens (including phenoxy) is 6. The second kappa shape index (κ2) is 15.7. The number of amides is 1. The van der Waals surface area contributed by atoms with E-state index in [4.69, 9.17) is 28.4 Å². The summed E-state index contributed by atoms with van der Waals surface area (Å²) < 4.78 is 33.4. The molecule has 0 radical (unpaired) electrons. The fourth-order valence-electron chi connectivity index (χ4n) is 4.29. The number of hydrogen-bond acceptors (Lipinski definition) is 11. The van der Waals surface area contributed by atoms with Crippen LogP contribution in [0.4, 0.5) is 0 Å². The van der Waals surface area contributed by atoms with Gasteiger partial charge in [-0.25, -0.2) is 9.78 Å². The van der Waals surface area contributed by atoms with Crippen molar-refractivity contribution >= 4 is 23.8 Å². The lowest BCUT2D eigenvalue weighted by Gasteiger charge is -2.31. The van der Waals surface area contributed by atoms with E-state index < -0.39 is 60.7 Å². The fraction of sp³-hybridized carbons (Fsp3) is 0.469. The molecule has 12 heteroatoms. The molecule has 2 aromatic rings. The highest BCUT2D eigenvalue weighted by Gasteiger charge is 2.40. The number of esters is 3. The topological polar surface area (TPSA) is 149 Å². The molecule has 0 bridgehead atoms. The predicted molar refractivity (Wildman–Crippen MR) is 157 cm³/mol. The molecule has 1 aliphatic heterocycles. The highest BCUT2D eigenvalue weighted by Crippen LogP contribution is 2.31. The van der Waals surface area contributed by atoms with Crippen molar-refractivity contribution in [2.24, 2.45) is 17.8 Å². The molecular weight excluding hydrogens is 572 g/mol. The number of benzene rings is 1. The molecule has 1 aromatic carbocycles. The lowest BCUT2D eigenvalue weighted by atomic mass is 9.89. The van der Waals surface area contributed by atoms with Crippen LogP contribution < -0.4 is 14.8 Å². The van der Waals surface area contributed by atoms with Gasteiger partial charge in [-0.2, -0.15) is 0 Å². The summed E-state index contributed by atoms with van der Waals surface area (Å²) in [7, 11) is 1.37. The Labute approximate surface area is 257 Å². The Kier molecular flexibility index (Phi) is 12.1. The van der Waals surface area contributed by atoms with E-state index in [0.717, 1.165) is 5.56 Å². The smallest absolute Gasteiger partial charge is 0.332 e. The molecule has 12 nitrogen and oxygen atoms in total. The quantitative estimate of drug-likeness (QED) is 0.225. The maximum absolute atomic E-state index is 13.4. The van der Waals surface area contributed by atoms with E-state index in [-0.39, 0.29) is 35.5 Å². The number of methoxy groups -OCH3 is 1. The number of hydrogen-bond donors (Lipinski definition) is 1. The maximum Gasteiger partial charge on any atom is 0.332 e. The van der Waals surface area contributed by atoms with Gasteiger partial charge in [-0.1, -0.05) is 64.6 Å². The van der Waals surface area contributed by atoms with Crippen molar-refractivity contribution in [2.75, 3.05) is 20.5 Å². The molecule has 3 rings (SSSR count). The van der Waals surface area contributed by atoms with Gasteiger partial charge in [-0.05, 0) is 18.9 Å². The van der Waals surface area contributed by atoms with Crippen molar-refractivity contribution in [3.8, 4) is 11.5 Å². The monoisotopic (exact) mass is 612 g/mol. The van der Waals surface area contributed by atoms with Crippen molar-refractivity contribution in [3.05, 3.63) is 66.2 Å². The van der Waals surface area contributed by atoms with E-state index in [2.05, 4.69) is 16.9 Å². The van der Waals surface area contributed by atoms with E-state index in [1.165, 1.54) is 19.4 Å². The molecular formula is C32H40N2O10. The first-order chi connectivity index (χ1) is 20.9. The zero-order valence-electron chi connectivity index (χ0n) is 25.9. The molecule has 1 aromatic heterocycles. The first-order valence-electron chi connectivity index (χ1n) is 14.3. The minimum Gasteiger partial charge on any atom is -0.495 e. The normalized spacial score (nSPS) is 20.4. The second-order valence-electron chi connectivity index (χ2n) is 10.9. The summed E-state index contributed by atoms with van der Waals surface area (Å²) in [4.78, 5) is 55.4. The Bertz CT molecular complexity index is 1330. The van der Waals surface area contributed by atoms with Crippen LogP contribution in [0.3, 0.4) is 0 Å². The summed E-state index contributed by atoms with van der Waals surface area (Å²) in [6.45, 7) is 11.6. The SMILES string of the molecule is C=C1OC[C@H](NC(=O)c2nccc(OC)c2OCOC(=O)C(C)C)C(=O)O[C@@H](C)[C@H](OC(=O)C(C)C)[C@H]1Cc1ccccc1. The van der Waals surface area contributed by atoms with Gasteiger partial charge in [-0.15, -0.1) is 0 Å². The predicted octanol–water partition coefficient (Wildman–Crippen LogP) is 3.63. The van der Waals surface area contributed by atoms with Crippen molar-refractivity contribution in [1.29, 1.82) is 0 Å². The molecule has 1 amide bonds. The van der Waals surface area contributed by atoms with Crippen LogP contribution >= 0.6 is 0 Å². The molecule has 0 unspecified atom stereocenters. The summed E-state index contributed by atoms with van der Waals surface area (Å²) >= 11 is 0. The van der Waals surface area contributed by atoms with Gasteiger partial charge in [0.25, 0.3) is 5.91 Å². The van der Waals surface area contributed by atoms with Crippen molar-refractivity contribution in [1.82, 2.24) is 10.3 Å². The number of cyclic esters (lactones) is 1. The van der Waals surface area contributed by atoms with Crippen molar-refractivity contribution < 1.29 is 47.6 Å². The van der Waals surface area contributed by atoms with Gasteiger partial charge in [0, 0.05) is 12.3 Å². The standard InChI is InChI=1S/C32H40N2O10/c1-18(2)30(36)42-17-41-28-25(39-7)13-14-33-26(28)29(35)34-24-16-40-20(5)23(15-22-11-9-8-10-12-22)27(21(6)43-32(24)38)44-31(37)19(3)4/h8-14,18-19,21,23-24,27H,5,15-17H2,1-4,6-7H3,(H,34,35)/t21-,23-,24-,27-/m0/s1. The molecule has 2 heterocycles. The van der Waals surface area contributed by atoms with Gasteiger partial charge in [0.1, 0.15) is 18.8 Å². The zero-order chi connectivity index (χ0) is 32.4. The summed E-state index contributed by atoms with van der Waals surface area (Å²) in [5.41, 5.74) is 0.710. The third kappa shape index (κ3) is 8.95. The van der Waals surface area contributed by atoms with Crippen LogP contribution in [0.15, 0.2) is 54.9 Å². The Hall–Kier alpha value is -4.61. The number of aromatic nitrogens is 1. The van der Waals surface area contributed by atoms with E-state index in [1.54, 1.807) is 34.6 Å². The van der Waals surface area contributed by atoms with Gasteiger partial charge in [-0.3, -0.25) is 14.4 Å². The molecule has 238 valence electrons. The zero-order valence-corrected chi connectivity index (χ0v) is 25.9. The summed E-state index contributed by atoms with van der Waals surface area (Å²) in [5.74, 6) is -3.65. The van der Waals surface area contributed by atoms with Crippen LogP contribution in [0.5, 0.6) is 11.5 Å². The minimum absolute atomic E-state index is 0.0947. The molecule has 1 aliphatic rings. The summed E-state index contributed by atoms with van der Waals surface area (Å²) in [6.07, 6.45) is -0.111. The Morgan fingerprint density at radius 3 is 2.39 bits per heavy atom. The molecule has 4 atom stereocenters. The second-order valence-corrected chi connectivity index (χ2v) is 10.9. The van der Waals surface area contributed by atoms with Crippen molar-refractivity contribution in [3.63, 3.8) is 0 Å². The fourth-order valence-corrected chi connectivity index (χ4v) is 4.29. The van der Waals surface area contributed by atoms with Crippen LogP contribution in [0.1, 0.15) is 50.7 Å². The minimum atomic E-state index is -1.29. The third-order valence-electron chi connectivity index (χ3n) is 6.80. The number of rotatable bonds is 11. The Morgan fingerprint density at radius 2 is 1.75 bits per heavy atom. The first-order valence-corrected chi connectivity index (χ1v) is 14.3. The first kappa shape index (κ1) is 33.9. The van der Waals surface area contributed by atoms with E-state index in [0.29, 0.717) is 6.42 Å². The molecule has 0 spiro atoms. The average molecular weight is 613 g/mol. The molecule has 1 fully saturated rings. The molecule has 0 saturated carbocycles. The van der Waals surface area contributed by atoms with E-state index in [1.807, 2.05) is 30.3 Å². The summed E-state index contributed by atoms with van der Waals surface area (Å²) in [5, 5.41) is 2.58. The third-order valence-corrected chi connectivity index (χ3v) is 6.80.